The van der Waals surface area contributed by atoms with Gasteiger partial charge in [0.05, 0.1) is 18.7 Å². The third-order valence-corrected chi connectivity index (χ3v) is 4.49. The Hall–Kier alpha value is -2.34. The Morgan fingerprint density at radius 1 is 1.29 bits per heavy atom. The largest absolute Gasteiger partial charge is 0.395 e. The van der Waals surface area contributed by atoms with Gasteiger partial charge in [-0.2, -0.15) is 0 Å². The van der Waals surface area contributed by atoms with Crippen molar-refractivity contribution in [1.82, 2.24) is 14.5 Å². The molecule has 1 saturated heterocycles. The van der Waals surface area contributed by atoms with Crippen molar-refractivity contribution in [2.24, 2.45) is 7.05 Å². The molecule has 6 heteroatoms. The Labute approximate surface area is 142 Å². The molecular weight excluding hydrogens is 304 g/mol. The molecule has 0 aliphatic carbocycles. The minimum Gasteiger partial charge on any atom is -0.395 e. The summed E-state index contributed by atoms with van der Waals surface area (Å²) in [6.45, 7) is 2.59. The number of nitrogens with zero attached hydrogens (tertiary/aromatic N) is 4. The number of aryl methyl sites for hydroxylation is 1. The van der Waals surface area contributed by atoms with Gasteiger partial charge in [-0.25, -0.2) is 4.98 Å². The van der Waals surface area contributed by atoms with Crippen LogP contribution < -0.4 is 4.90 Å². The summed E-state index contributed by atoms with van der Waals surface area (Å²) < 4.78 is 1.89. The first kappa shape index (κ1) is 16.5. The standard InChI is InChI=1S/C18H24N4O2/c1-20-11-8-19-17(20)14-22(12-13-23)18(24)15-6-2-3-7-16(15)21-9-4-5-10-21/h2-3,6-8,11,23H,4-5,9-10,12-14H2,1H3. The van der Waals surface area contributed by atoms with Crippen LogP contribution in [0, 0.1) is 0 Å². The van der Waals surface area contributed by atoms with Gasteiger partial charge in [-0.05, 0) is 25.0 Å². The normalized spacial score (nSPS) is 14.2. The summed E-state index contributed by atoms with van der Waals surface area (Å²) in [6.07, 6.45) is 5.90. The van der Waals surface area contributed by atoms with E-state index in [2.05, 4.69) is 9.88 Å². The monoisotopic (exact) mass is 328 g/mol. The highest BCUT2D eigenvalue weighted by Gasteiger charge is 2.23. The number of aliphatic hydroxyl groups is 1. The van der Waals surface area contributed by atoms with Crippen molar-refractivity contribution in [3.8, 4) is 0 Å². The summed E-state index contributed by atoms with van der Waals surface area (Å²) in [5.41, 5.74) is 1.69. The molecule has 0 atom stereocenters. The van der Waals surface area contributed by atoms with Crippen LogP contribution in [0.5, 0.6) is 0 Å². The number of aliphatic hydroxyl groups excluding tert-OH is 1. The third-order valence-electron chi connectivity index (χ3n) is 4.49. The first-order chi connectivity index (χ1) is 11.7. The SMILES string of the molecule is Cn1ccnc1CN(CCO)C(=O)c1ccccc1N1CCCC1. The minimum absolute atomic E-state index is 0.0606. The minimum atomic E-state index is -0.0674. The Morgan fingerprint density at radius 3 is 2.71 bits per heavy atom. The van der Waals surface area contributed by atoms with Gasteiger partial charge < -0.3 is 19.5 Å². The molecule has 0 bridgehead atoms. The maximum absolute atomic E-state index is 13.1. The van der Waals surface area contributed by atoms with E-state index in [4.69, 9.17) is 0 Å². The number of carbonyl (C=O) groups is 1. The van der Waals surface area contributed by atoms with E-state index in [0.29, 0.717) is 18.7 Å². The molecule has 0 spiro atoms. The fraction of sp³-hybridized carbons (Fsp3) is 0.444. The summed E-state index contributed by atoms with van der Waals surface area (Å²) in [5.74, 6) is 0.741. The van der Waals surface area contributed by atoms with Crippen molar-refractivity contribution in [1.29, 1.82) is 0 Å². The van der Waals surface area contributed by atoms with Crippen molar-refractivity contribution in [2.75, 3.05) is 31.1 Å². The topological polar surface area (TPSA) is 61.6 Å². The summed E-state index contributed by atoms with van der Waals surface area (Å²) in [6, 6.07) is 7.75. The van der Waals surface area contributed by atoms with Gasteiger partial charge in [-0.3, -0.25) is 4.79 Å². The lowest BCUT2D eigenvalue weighted by molar-refractivity contribution is 0.0702. The molecule has 3 rings (SSSR count). The van der Waals surface area contributed by atoms with Crippen LogP contribution in [0.25, 0.3) is 0 Å². The fourth-order valence-corrected chi connectivity index (χ4v) is 3.15. The highest BCUT2D eigenvalue weighted by Crippen LogP contribution is 2.26. The number of hydrogen-bond donors (Lipinski definition) is 1. The van der Waals surface area contributed by atoms with E-state index in [9.17, 15) is 9.90 Å². The molecule has 0 unspecified atom stereocenters. The second kappa shape index (κ2) is 7.49. The van der Waals surface area contributed by atoms with Gasteiger partial charge >= 0.3 is 0 Å². The average Bonchev–Trinajstić information content (AvgIpc) is 3.26. The van der Waals surface area contributed by atoms with Crippen molar-refractivity contribution in [2.45, 2.75) is 19.4 Å². The van der Waals surface area contributed by atoms with E-state index >= 15 is 0 Å². The Bertz CT molecular complexity index is 692. The number of imidazole rings is 1. The number of amides is 1. The van der Waals surface area contributed by atoms with Gasteiger partial charge in [0.2, 0.25) is 0 Å². The van der Waals surface area contributed by atoms with Gasteiger partial charge in [0.1, 0.15) is 5.82 Å². The molecule has 1 fully saturated rings. The fourth-order valence-electron chi connectivity index (χ4n) is 3.15. The number of benzene rings is 1. The molecule has 1 amide bonds. The van der Waals surface area contributed by atoms with Gasteiger partial charge in [-0.15, -0.1) is 0 Å². The van der Waals surface area contributed by atoms with Crippen molar-refractivity contribution in [3.05, 3.63) is 48.0 Å². The quantitative estimate of drug-likeness (QED) is 0.876. The summed E-state index contributed by atoms with van der Waals surface area (Å²) >= 11 is 0. The van der Waals surface area contributed by atoms with Crippen molar-refractivity contribution >= 4 is 11.6 Å². The lowest BCUT2D eigenvalue weighted by Gasteiger charge is -2.26. The van der Waals surface area contributed by atoms with E-state index in [-0.39, 0.29) is 12.5 Å². The molecular formula is C18H24N4O2. The lowest BCUT2D eigenvalue weighted by atomic mass is 10.1. The zero-order valence-corrected chi connectivity index (χ0v) is 14.1. The van der Waals surface area contributed by atoms with Crippen LogP contribution in [0.2, 0.25) is 0 Å². The molecule has 1 N–H and O–H groups in total. The Morgan fingerprint density at radius 2 is 2.04 bits per heavy atom. The first-order valence-corrected chi connectivity index (χ1v) is 8.41. The van der Waals surface area contributed by atoms with Crippen molar-refractivity contribution < 1.29 is 9.90 Å². The summed E-state index contributed by atoms with van der Waals surface area (Å²) in [5, 5.41) is 9.38. The van der Waals surface area contributed by atoms with E-state index in [1.165, 1.54) is 0 Å². The van der Waals surface area contributed by atoms with Crippen LogP contribution in [0.1, 0.15) is 29.0 Å². The molecule has 1 aromatic heterocycles. The molecule has 2 heterocycles. The predicted octanol–water partition coefficient (Wildman–Crippen LogP) is 1.65. The van der Waals surface area contributed by atoms with Crippen LogP contribution >= 0.6 is 0 Å². The van der Waals surface area contributed by atoms with Crippen LogP contribution in [-0.4, -0.2) is 51.7 Å². The first-order valence-electron chi connectivity index (χ1n) is 8.41. The maximum Gasteiger partial charge on any atom is 0.256 e. The zero-order chi connectivity index (χ0) is 16.9. The third kappa shape index (κ3) is 3.43. The molecule has 1 aliphatic heterocycles. The summed E-state index contributed by atoms with van der Waals surface area (Å²) in [7, 11) is 1.90. The van der Waals surface area contributed by atoms with Gasteiger partial charge in [0.15, 0.2) is 0 Å². The van der Waals surface area contributed by atoms with Crippen LogP contribution in [0.15, 0.2) is 36.7 Å². The molecule has 24 heavy (non-hydrogen) atoms. The molecule has 6 nitrogen and oxygen atoms in total. The summed E-state index contributed by atoms with van der Waals surface area (Å²) in [4.78, 5) is 21.3. The van der Waals surface area contributed by atoms with E-state index in [1.807, 2.05) is 42.1 Å². The highest BCUT2D eigenvalue weighted by atomic mass is 16.3. The Kier molecular flexibility index (Phi) is 5.15. The highest BCUT2D eigenvalue weighted by molar-refractivity contribution is 5.99. The number of carbonyl (C=O) groups excluding carboxylic acids is 1. The average molecular weight is 328 g/mol. The Balaban J connectivity index is 1.86. The zero-order valence-electron chi connectivity index (χ0n) is 14.1. The number of hydrogen-bond acceptors (Lipinski definition) is 4. The van der Waals surface area contributed by atoms with Gasteiger partial charge in [-0.1, -0.05) is 12.1 Å². The smallest absolute Gasteiger partial charge is 0.256 e. The van der Waals surface area contributed by atoms with Gasteiger partial charge in [0, 0.05) is 44.8 Å². The predicted molar refractivity (Wildman–Crippen MR) is 92.9 cm³/mol. The molecule has 0 radical (unpaired) electrons. The molecule has 2 aromatic rings. The molecule has 1 aromatic carbocycles. The van der Waals surface area contributed by atoms with Crippen LogP contribution in [0.4, 0.5) is 5.69 Å². The van der Waals surface area contributed by atoms with Crippen LogP contribution in [0.3, 0.4) is 0 Å². The van der Waals surface area contributed by atoms with E-state index in [1.54, 1.807) is 11.1 Å². The number of anilines is 1. The number of aromatic nitrogens is 2. The number of rotatable bonds is 6. The second-order valence-corrected chi connectivity index (χ2v) is 6.12. The number of para-hydroxylation sites is 1. The lowest BCUT2D eigenvalue weighted by Crippen LogP contribution is -2.35. The van der Waals surface area contributed by atoms with Crippen molar-refractivity contribution in [3.63, 3.8) is 0 Å². The van der Waals surface area contributed by atoms with E-state index < -0.39 is 0 Å². The molecule has 0 saturated carbocycles. The van der Waals surface area contributed by atoms with E-state index in [0.717, 1.165) is 37.4 Å². The van der Waals surface area contributed by atoms with Crippen LogP contribution in [-0.2, 0) is 13.6 Å². The second-order valence-electron chi connectivity index (χ2n) is 6.12. The molecule has 128 valence electrons. The molecule has 1 aliphatic rings. The van der Waals surface area contributed by atoms with Gasteiger partial charge in [0.25, 0.3) is 5.91 Å². The maximum atomic E-state index is 13.1.